The predicted molar refractivity (Wildman–Crippen MR) is 94.0 cm³/mol. The van der Waals surface area contributed by atoms with E-state index in [1.54, 1.807) is 5.38 Å². The number of nitrogens with one attached hydrogen (secondary N) is 2. The summed E-state index contributed by atoms with van der Waals surface area (Å²) in [6.07, 6.45) is 5.62. The molecule has 3 heterocycles. The van der Waals surface area contributed by atoms with Gasteiger partial charge >= 0.3 is 0 Å². The van der Waals surface area contributed by atoms with Crippen LogP contribution >= 0.6 is 27.3 Å². The molecule has 0 saturated carbocycles. The Morgan fingerprint density at radius 3 is 2.96 bits per heavy atom. The minimum atomic E-state index is -0.222. The maximum absolute atomic E-state index is 12.3. The van der Waals surface area contributed by atoms with Crippen molar-refractivity contribution < 1.29 is 4.79 Å². The molecule has 9 heteroatoms. The number of carbonyl (C=O) groups is 1. The van der Waals surface area contributed by atoms with Gasteiger partial charge in [-0.05, 0) is 34.6 Å². The SMILES string of the molecule is N#CB1CCN(C2=CCNC=C2NC(=O)c2csc(Br)n2)CC1. The topological polar surface area (TPSA) is 81.0 Å². The molecule has 23 heavy (non-hydrogen) atoms. The quantitative estimate of drug-likeness (QED) is 0.768. The maximum atomic E-state index is 12.3. The number of dihydropyridines is 1. The highest BCUT2D eigenvalue weighted by atomic mass is 79.9. The van der Waals surface area contributed by atoms with Crippen LogP contribution in [-0.2, 0) is 0 Å². The molecule has 2 aliphatic rings. The highest BCUT2D eigenvalue weighted by Gasteiger charge is 2.26. The van der Waals surface area contributed by atoms with E-state index in [9.17, 15) is 4.79 Å². The van der Waals surface area contributed by atoms with E-state index in [0.717, 1.165) is 43.7 Å². The Balaban J connectivity index is 1.68. The number of hydrogen-bond donors (Lipinski definition) is 2. The van der Waals surface area contributed by atoms with Crippen molar-refractivity contribution in [2.24, 2.45) is 0 Å². The summed E-state index contributed by atoms with van der Waals surface area (Å²) in [6.45, 7) is 2.54. The number of hydrogen-bond acceptors (Lipinski definition) is 6. The van der Waals surface area contributed by atoms with Gasteiger partial charge in [-0.2, -0.15) is 0 Å². The minimum Gasteiger partial charge on any atom is -0.386 e. The van der Waals surface area contributed by atoms with E-state index in [1.807, 2.05) is 6.20 Å². The number of nitriles is 1. The molecule has 1 aromatic heterocycles. The molecule has 1 saturated heterocycles. The number of carbonyl (C=O) groups excluding carboxylic acids is 1. The molecular weight excluding hydrogens is 377 g/mol. The lowest BCUT2D eigenvalue weighted by Gasteiger charge is -2.34. The number of halogens is 1. The molecule has 0 aromatic carbocycles. The Morgan fingerprint density at radius 1 is 1.52 bits per heavy atom. The van der Waals surface area contributed by atoms with Crippen LogP contribution in [0.2, 0.25) is 12.6 Å². The van der Waals surface area contributed by atoms with E-state index >= 15 is 0 Å². The van der Waals surface area contributed by atoms with Crippen molar-refractivity contribution in [3.8, 4) is 5.97 Å². The summed E-state index contributed by atoms with van der Waals surface area (Å²) in [7, 11) is 0. The molecule has 2 N–H and O–H groups in total. The molecule has 1 fully saturated rings. The predicted octanol–water partition coefficient (Wildman–Crippen LogP) is 1.84. The molecule has 118 valence electrons. The molecular formula is C14H15BBrN5OS. The zero-order chi connectivity index (χ0) is 16.2. The number of aromatic nitrogens is 1. The fourth-order valence-electron chi connectivity index (χ4n) is 2.69. The number of amides is 1. The molecule has 0 atom stereocenters. The van der Waals surface area contributed by atoms with Crippen molar-refractivity contribution in [1.29, 1.82) is 5.26 Å². The van der Waals surface area contributed by atoms with E-state index in [-0.39, 0.29) is 12.6 Å². The first kappa shape index (κ1) is 16.1. The van der Waals surface area contributed by atoms with Crippen LogP contribution in [0.15, 0.2) is 33.0 Å². The van der Waals surface area contributed by atoms with Crippen molar-refractivity contribution >= 4 is 39.9 Å². The highest BCUT2D eigenvalue weighted by Crippen LogP contribution is 2.22. The molecule has 3 rings (SSSR count). The summed E-state index contributed by atoms with van der Waals surface area (Å²) in [5, 5.41) is 16.8. The van der Waals surface area contributed by atoms with Crippen molar-refractivity contribution in [2.45, 2.75) is 12.6 Å². The van der Waals surface area contributed by atoms with E-state index in [4.69, 9.17) is 5.26 Å². The van der Waals surface area contributed by atoms with E-state index < -0.39 is 0 Å². The number of thiazole rings is 1. The Labute approximate surface area is 147 Å². The molecule has 0 bridgehead atoms. The van der Waals surface area contributed by atoms with Crippen LogP contribution in [0.3, 0.4) is 0 Å². The lowest BCUT2D eigenvalue weighted by atomic mass is 9.45. The molecule has 0 spiro atoms. The standard InChI is InChI=1S/C14H15BBrN5OS/c16-14-20-11(8-23-14)13(22)19-10-7-18-4-1-12(10)21-5-2-15(9-17)3-6-21/h1,7-8,18H,2-6H2,(H,19,22). The average molecular weight is 392 g/mol. The van der Waals surface area contributed by atoms with Crippen molar-refractivity contribution in [2.75, 3.05) is 19.6 Å². The molecule has 6 nitrogen and oxygen atoms in total. The molecule has 2 aliphatic heterocycles. The molecule has 0 radical (unpaired) electrons. The largest absolute Gasteiger partial charge is 0.386 e. The van der Waals surface area contributed by atoms with Crippen molar-refractivity contribution in [1.82, 2.24) is 20.5 Å². The summed E-state index contributed by atoms with van der Waals surface area (Å²) in [5.41, 5.74) is 2.17. The fourth-order valence-corrected chi connectivity index (χ4v) is 3.68. The number of nitrogens with zero attached hydrogens (tertiary/aromatic N) is 3. The number of rotatable bonds is 3. The van der Waals surface area contributed by atoms with E-state index in [0.29, 0.717) is 9.61 Å². The van der Waals surface area contributed by atoms with Gasteiger partial charge in [0.05, 0.1) is 11.4 Å². The van der Waals surface area contributed by atoms with Crippen LogP contribution in [0.4, 0.5) is 0 Å². The Morgan fingerprint density at radius 2 is 2.30 bits per heavy atom. The first-order valence-electron chi connectivity index (χ1n) is 7.38. The van der Waals surface area contributed by atoms with Crippen LogP contribution in [0.1, 0.15) is 10.5 Å². The van der Waals surface area contributed by atoms with Gasteiger partial charge in [-0.3, -0.25) is 4.79 Å². The van der Waals surface area contributed by atoms with Crippen LogP contribution in [-0.4, -0.2) is 42.1 Å². The minimum absolute atomic E-state index is 0.142. The Bertz CT molecular complexity index is 702. The lowest BCUT2D eigenvalue weighted by Crippen LogP contribution is -2.40. The van der Waals surface area contributed by atoms with Crippen LogP contribution < -0.4 is 10.6 Å². The monoisotopic (exact) mass is 391 g/mol. The molecule has 0 unspecified atom stereocenters. The third-order valence-corrected chi connectivity index (χ3v) is 5.28. The second kappa shape index (κ2) is 7.19. The van der Waals surface area contributed by atoms with Crippen LogP contribution in [0, 0.1) is 11.2 Å². The van der Waals surface area contributed by atoms with Gasteiger partial charge in [-0.15, -0.1) is 11.3 Å². The normalized spacial score (nSPS) is 17.7. The van der Waals surface area contributed by atoms with Gasteiger partial charge in [0.25, 0.3) is 12.6 Å². The lowest BCUT2D eigenvalue weighted by molar-refractivity contribution is 0.0960. The van der Waals surface area contributed by atoms with Gasteiger partial charge in [-0.25, -0.2) is 10.2 Å². The molecule has 1 amide bonds. The Hall–Kier alpha value is -1.79. The highest BCUT2D eigenvalue weighted by molar-refractivity contribution is 9.11. The second-order valence-corrected chi connectivity index (χ2v) is 7.52. The fraction of sp³-hybridized carbons (Fsp3) is 0.357. The summed E-state index contributed by atoms with van der Waals surface area (Å²) in [6, 6.07) is 0. The van der Waals surface area contributed by atoms with Gasteiger partial charge in [0.15, 0.2) is 3.92 Å². The smallest absolute Gasteiger partial charge is 0.275 e. The summed E-state index contributed by atoms with van der Waals surface area (Å²) in [4.78, 5) is 18.7. The Kier molecular flexibility index (Phi) is 5.03. The zero-order valence-corrected chi connectivity index (χ0v) is 14.8. The molecule has 1 aromatic rings. The first-order chi connectivity index (χ1) is 11.2. The van der Waals surface area contributed by atoms with Gasteiger partial charge in [0.2, 0.25) is 0 Å². The summed E-state index contributed by atoms with van der Waals surface area (Å²) < 4.78 is 0.688. The average Bonchev–Trinajstić information content (AvgIpc) is 3.02. The summed E-state index contributed by atoms with van der Waals surface area (Å²) in [5.74, 6) is 2.12. The zero-order valence-electron chi connectivity index (χ0n) is 12.4. The summed E-state index contributed by atoms with van der Waals surface area (Å²) >= 11 is 4.65. The maximum Gasteiger partial charge on any atom is 0.275 e. The third kappa shape index (κ3) is 3.76. The van der Waals surface area contributed by atoms with E-state index in [2.05, 4.69) is 48.5 Å². The van der Waals surface area contributed by atoms with Crippen molar-refractivity contribution in [3.63, 3.8) is 0 Å². The second-order valence-electron chi connectivity index (χ2n) is 5.39. The van der Waals surface area contributed by atoms with Gasteiger partial charge in [0, 0.05) is 37.2 Å². The molecule has 0 aliphatic carbocycles. The first-order valence-corrected chi connectivity index (χ1v) is 9.05. The van der Waals surface area contributed by atoms with Gasteiger partial charge in [0.1, 0.15) is 5.69 Å². The van der Waals surface area contributed by atoms with Gasteiger partial charge in [-0.1, -0.05) is 0 Å². The van der Waals surface area contributed by atoms with Gasteiger partial charge < -0.3 is 15.5 Å². The van der Waals surface area contributed by atoms with E-state index in [1.165, 1.54) is 11.3 Å². The van der Waals surface area contributed by atoms with Crippen molar-refractivity contribution in [3.05, 3.63) is 38.7 Å². The van der Waals surface area contributed by atoms with Crippen LogP contribution in [0.5, 0.6) is 0 Å². The van der Waals surface area contributed by atoms with Crippen LogP contribution in [0.25, 0.3) is 0 Å². The third-order valence-electron chi connectivity index (χ3n) is 3.91.